The predicted molar refractivity (Wildman–Crippen MR) is 69.2 cm³/mol. The average Bonchev–Trinajstić information content (AvgIpc) is 2.33. The Morgan fingerprint density at radius 1 is 1.21 bits per heavy atom. The number of carbonyl (C=O) groups excluding carboxylic acids is 3. The third-order valence-corrected chi connectivity index (χ3v) is 2.94. The molecule has 0 unspecified atom stereocenters. The van der Waals surface area contributed by atoms with Crippen LogP contribution in [-0.4, -0.2) is 37.1 Å². The number of rotatable bonds is 7. The van der Waals surface area contributed by atoms with Crippen LogP contribution in [0.1, 0.15) is 40.5 Å². The Balaban J connectivity index is 5.03. The molecule has 0 rings (SSSR count). The number of esters is 2. The van der Waals surface area contributed by atoms with Gasteiger partial charge < -0.3 is 14.8 Å². The van der Waals surface area contributed by atoms with E-state index >= 15 is 0 Å². The number of hydrogen-bond donors (Lipinski definition) is 1. The highest BCUT2D eigenvalue weighted by molar-refractivity contribution is 5.74. The Bertz CT molecular complexity index is 329. The zero-order valence-corrected chi connectivity index (χ0v) is 12.2. The molecule has 0 aliphatic heterocycles. The molecule has 19 heavy (non-hydrogen) atoms. The van der Waals surface area contributed by atoms with Gasteiger partial charge in [0.2, 0.25) is 5.91 Å². The summed E-state index contributed by atoms with van der Waals surface area (Å²) in [6.45, 7) is 6.54. The molecule has 0 radical (unpaired) electrons. The summed E-state index contributed by atoms with van der Waals surface area (Å²) in [4.78, 5) is 33.8. The van der Waals surface area contributed by atoms with Crippen molar-refractivity contribution in [1.82, 2.24) is 5.32 Å². The first-order valence-corrected chi connectivity index (χ1v) is 6.32. The van der Waals surface area contributed by atoms with Crippen LogP contribution in [0.4, 0.5) is 0 Å². The van der Waals surface area contributed by atoms with Gasteiger partial charge in [0.15, 0.2) is 0 Å². The maximum absolute atomic E-state index is 11.4. The molecule has 110 valence electrons. The lowest BCUT2D eigenvalue weighted by molar-refractivity contribution is -0.155. The molecule has 0 aromatic heterocycles. The summed E-state index contributed by atoms with van der Waals surface area (Å²) in [5.74, 6) is -1.14. The second-order valence-corrected chi connectivity index (χ2v) is 4.54. The standard InChI is InChI=1S/C13H23NO5/c1-6-8(2)13(14-9(3)15)11(19-10(4)16)7-12(17)18-5/h8,11,13H,6-7H2,1-5H3,(H,14,15)/t8-,11-,13-/m0/s1. The number of amides is 1. The third-order valence-electron chi connectivity index (χ3n) is 2.94. The van der Waals surface area contributed by atoms with Crippen molar-refractivity contribution in [2.24, 2.45) is 5.92 Å². The lowest BCUT2D eigenvalue weighted by Gasteiger charge is -2.30. The molecule has 0 saturated heterocycles. The number of hydrogen-bond acceptors (Lipinski definition) is 5. The van der Waals surface area contributed by atoms with Crippen molar-refractivity contribution in [3.05, 3.63) is 0 Å². The van der Waals surface area contributed by atoms with Gasteiger partial charge in [-0.25, -0.2) is 0 Å². The number of carbonyl (C=O) groups is 3. The van der Waals surface area contributed by atoms with Crippen LogP contribution in [0.3, 0.4) is 0 Å². The first kappa shape index (κ1) is 17.4. The van der Waals surface area contributed by atoms with E-state index in [2.05, 4.69) is 10.1 Å². The lowest BCUT2D eigenvalue weighted by Crippen LogP contribution is -2.49. The highest BCUT2D eigenvalue weighted by Crippen LogP contribution is 2.17. The molecule has 0 saturated carbocycles. The van der Waals surface area contributed by atoms with Crippen molar-refractivity contribution >= 4 is 17.8 Å². The van der Waals surface area contributed by atoms with Crippen molar-refractivity contribution < 1.29 is 23.9 Å². The Morgan fingerprint density at radius 3 is 2.16 bits per heavy atom. The predicted octanol–water partition coefficient (Wildman–Crippen LogP) is 1.03. The summed E-state index contributed by atoms with van der Waals surface area (Å²) in [6.07, 6.45) is -0.0151. The molecule has 0 aromatic carbocycles. The second kappa shape index (κ2) is 8.50. The summed E-state index contributed by atoms with van der Waals surface area (Å²) in [5.41, 5.74) is 0. The fourth-order valence-electron chi connectivity index (χ4n) is 1.79. The Hall–Kier alpha value is -1.59. The van der Waals surface area contributed by atoms with Crippen molar-refractivity contribution in [1.29, 1.82) is 0 Å². The molecule has 0 heterocycles. The largest absolute Gasteiger partial charge is 0.469 e. The first-order chi connectivity index (χ1) is 8.81. The van der Waals surface area contributed by atoms with Gasteiger partial charge in [-0.1, -0.05) is 20.3 Å². The maximum Gasteiger partial charge on any atom is 0.309 e. The van der Waals surface area contributed by atoms with E-state index in [4.69, 9.17) is 4.74 Å². The van der Waals surface area contributed by atoms with Crippen molar-refractivity contribution in [3.8, 4) is 0 Å². The summed E-state index contributed by atoms with van der Waals surface area (Å²) < 4.78 is 9.74. The topological polar surface area (TPSA) is 81.7 Å². The fourth-order valence-corrected chi connectivity index (χ4v) is 1.79. The van der Waals surface area contributed by atoms with Crippen molar-refractivity contribution in [2.45, 2.75) is 52.7 Å². The van der Waals surface area contributed by atoms with E-state index in [0.29, 0.717) is 0 Å². The minimum Gasteiger partial charge on any atom is -0.469 e. The van der Waals surface area contributed by atoms with Gasteiger partial charge in [0.05, 0.1) is 19.6 Å². The number of ether oxygens (including phenoxy) is 2. The van der Waals surface area contributed by atoms with Gasteiger partial charge in [-0.3, -0.25) is 14.4 Å². The van der Waals surface area contributed by atoms with Crippen LogP contribution in [0.25, 0.3) is 0 Å². The molecule has 6 heteroatoms. The quantitative estimate of drug-likeness (QED) is 0.701. The molecule has 0 aliphatic rings. The Morgan fingerprint density at radius 2 is 1.79 bits per heavy atom. The summed E-state index contributed by atoms with van der Waals surface area (Å²) >= 11 is 0. The molecule has 0 bridgehead atoms. The average molecular weight is 273 g/mol. The zero-order chi connectivity index (χ0) is 15.0. The van der Waals surface area contributed by atoms with E-state index in [1.807, 2.05) is 13.8 Å². The molecule has 0 aromatic rings. The van der Waals surface area contributed by atoms with Gasteiger partial charge in [0, 0.05) is 13.8 Å². The van der Waals surface area contributed by atoms with Crippen LogP contribution >= 0.6 is 0 Å². The van der Waals surface area contributed by atoms with Crippen LogP contribution in [0.2, 0.25) is 0 Å². The van der Waals surface area contributed by atoms with Crippen molar-refractivity contribution in [3.63, 3.8) is 0 Å². The van der Waals surface area contributed by atoms with Gasteiger partial charge in [0.25, 0.3) is 0 Å². The Labute approximate surface area is 113 Å². The summed E-state index contributed by atoms with van der Waals surface area (Å²) in [7, 11) is 1.27. The molecular formula is C13H23NO5. The van der Waals surface area contributed by atoms with Crippen LogP contribution in [0, 0.1) is 5.92 Å². The van der Waals surface area contributed by atoms with Gasteiger partial charge >= 0.3 is 11.9 Å². The first-order valence-electron chi connectivity index (χ1n) is 6.32. The minimum absolute atomic E-state index is 0.0675. The summed E-state index contributed by atoms with van der Waals surface area (Å²) in [5, 5.41) is 2.74. The van der Waals surface area contributed by atoms with Crippen LogP contribution in [0.15, 0.2) is 0 Å². The molecule has 0 spiro atoms. The smallest absolute Gasteiger partial charge is 0.309 e. The van der Waals surface area contributed by atoms with Gasteiger partial charge in [-0.2, -0.15) is 0 Å². The third kappa shape index (κ3) is 6.79. The monoisotopic (exact) mass is 273 g/mol. The lowest BCUT2D eigenvalue weighted by atomic mass is 9.92. The van der Waals surface area contributed by atoms with Crippen LogP contribution in [-0.2, 0) is 23.9 Å². The van der Waals surface area contributed by atoms with E-state index < -0.39 is 24.1 Å². The van der Waals surface area contributed by atoms with E-state index in [-0.39, 0.29) is 18.2 Å². The Kier molecular flexibility index (Phi) is 7.79. The number of nitrogens with one attached hydrogen (secondary N) is 1. The fraction of sp³-hybridized carbons (Fsp3) is 0.769. The SMILES string of the molecule is CC[C@H](C)[C@H](NC(C)=O)[C@H](CC(=O)OC)OC(C)=O. The van der Waals surface area contributed by atoms with E-state index in [1.165, 1.54) is 21.0 Å². The maximum atomic E-state index is 11.4. The van der Waals surface area contributed by atoms with Crippen molar-refractivity contribution in [2.75, 3.05) is 7.11 Å². The van der Waals surface area contributed by atoms with Gasteiger partial charge in [-0.05, 0) is 5.92 Å². The molecular weight excluding hydrogens is 250 g/mol. The normalized spacial score (nSPS) is 15.0. The molecule has 1 amide bonds. The van der Waals surface area contributed by atoms with Crippen LogP contribution in [0.5, 0.6) is 0 Å². The van der Waals surface area contributed by atoms with Gasteiger partial charge in [-0.15, -0.1) is 0 Å². The highest BCUT2D eigenvalue weighted by atomic mass is 16.6. The number of methoxy groups -OCH3 is 1. The van der Waals surface area contributed by atoms with E-state index in [9.17, 15) is 14.4 Å². The minimum atomic E-state index is -0.719. The van der Waals surface area contributed by atoms with E-state index in [1.54, 1.807) is 0 Å². The molecule has 0 aliphatic carbocycles. The second-order valence-electron chi connectivity index (χ2n) is 4.54. The molecule has 6 nitrogen and oxygen atoms in total. The van der Waals surface area contributed by atoms with Crippen LogP contribution < -0.4 is 5.32 Å². The molecule has 3 atom stereocenters. The summed E-state index contributed by atoms with van der Waals surface area (Å²) in [6, 6.07) is -0.412. The highest BCUT2D eigenvalue weighted by Gasteiger charge is 2.31. The molecule has 0 fully saturated rings. The van der Waals surface area contributed by atoms with Gasteiger partial charge in [0.1, 0.15) is 6.10 Å². The molecule has 1 N–H and O–H groups in total. The zero-order valence-electron chi connectivity index (χ0n) is 12.2. The van der Waals surface area contributed by atoms with E-state index in [0.717, 1.165) is 6.42 Å².